The molecule has 0 spiro atoms. The second kappa shape index (κ2) is 5.02. The first kappa shape index (κ1) is 12.2. The van der Waals surface area contributed by atoms with Gasteiger partial charge in [0.15, 0.2) is 0 Å². The fourth-order valence-corrected chi connectivity index (χ4v) is 3.50. The quantitative estimate of drug-likeness (QED) is 0.879. The maximum absolute atomic E-state index is 3.70. The fourth-order valence-electron chi connectivity index (χ4n) is 3.50. The molecule has 2 heterocycles. The molecule has 0 amide bonds. The molecule has 0 aliphatic carbocycles. The van der Waals surface area contributed by atoms with Gasteiger partial charge >= 0.3 is 0 Å². The highest BCUT2D eigenvalue weighted by atomic mass is 15.1. The van der Waals surface area contributed by atoms with Crippen LogP contribution in [0, 0.1) is 0 Å². The van der Waals surface area contributed by atoms with Gasteiger partial charge in [0.05, 0.1) is 0 Å². The number of nitrogens with one attached hydrogen (secondary N) is 1. The van der Waals surface area contributed by atoms with Gasteiger partial charge in [0.1, 0.15) is 0 Å². The monoisotopic (exact) mass is 244 g/mol. The molecule has 2 heteroatoms. The zero-order valence-corrected chi connectivity index (χ0v) is 11.4. The summed E-state index contributed by atoms with van der Waals surface area (Å²) in [6.07, 6.45) is 5.31. The molecule has 1 N–H and O–H groups in total. The molecule has 1 aromatic rings. The Hall–Kier alpha value is -0.860. The molecule has 2 nitrogen and oxygen atoms in total. The molecule has 2 aliphatic rings. The van der Waals surface area contributed by atoms with Crippen LogP contribution in [0.4, 0.5) is 0 Å². The van der Waals surface area contributed by atoms with E-state index in [1.54, 1.807) is 0 Å². The molecule has 2 saturated heterocycles. The highest BCUT2D eigenvalue weighted by Gasteiger charge is 2.31. The summed E-state index contributed by atoms with van der Waals surface area (Å²) >= 11 is 0. The Morgan fingerprint density at radius 1 is 1.17 bits per heavy atom. The van der Waals surface area contributed by atoms with E-state index in [1.165, 1.54) is 49.9 Å². The van der Waals surface area contributed by atoms with E-state index in [2.05, 4.69) is 41.4 Å². The highest BCUT2D eigenvalue weighted by molar-refractivity contribution is 5.34. The Morgan fingerprint density at radius 2 is 1.94 bits per heavy atom. The number of nitrogens with zero attached hydrogens (tertiary/aromatic N) is 1. The van der Waals surface area contributed by atoms with Gasteiger partial charge in [-0.25, -0.2) is 0 Å². The van der Waals surface area contributed by atoms with Crippen molar-refractivity contribution in [2.75, 3.05) is 19.6 Å². The van der Waals surface area contributed by atoms with Crippen LogP contribution in [0.1, 0.15) is 43.7 Å². The van der Waals surface area contributed by atoms with E-state index in [0.29, 0.717) is 0 Å². The molecule has 0 saturated carbocycles. The van der Waals surface area contributed by atoms with E-state index in [0.717, 1.165) is 13.1 Å². The predicted octanol–water partition coefficient (Wildman–Crippen LogP) is 2.88. The summed E-state index contributed by atoms with van der Waals surface area (Å²) in [7, 11) is 0. The fraction of sp³-hybridized carbons (Fsp3) is 0.625. The van der Waals surface area contributed by atoms with Gasteiger partial charge in [-0.3, -0.25) is 4.90 Å². The topological polar surface area (TPSA) is 15.3 Å². The van der Waals surface area contributed by atoms with E-state index in [-0.39, 0.29) is 5.54 Å². The number of rotatable bonds is 3. The minimum Gasteiger partial charge on any atom is -0.308 e. The van der Waals surface area contributed by atoms with Gasteiger partial charge in [-0.1, -0.05) is 24.3 Å². The molecule has 0 radical (unpaired) electrons. The molecule has 0 aromatic heterocycles. The van der Waals surface area contributed by atoms with E-state index >= 15 is 0 Å². The van der Waals surface area contributed by atoms with Crippen molar-refractivity contribution in [1.82, 2.24) is 10.2 Å². The third-order valence-corrected chi connectivity index (χ3v) is 4.57. The van der Waals surface area contributed by atoms with Crippen LogP contribution in [-0.2, 0) is 12.1 Å². The Kier molecular flexibility index (Phi) is 3.40. The molecule has 18 heavy (non-hydrogen) atoms. The molecular formula is C16H24N2. The van der Waals surface area contributed by atoms with Crippen molar-refractivity contribution in [3.63, 3.8) is 0 Å². The van der Waals surface area contributed by atoms with Crippen LogP contribution in [0.2, 0.25) is 0 Å². The van der Waals surface area contributed by atoms with E-state index in [1.807, 2.05) is 0 Å². The Balaban J connectivity index is 1.84. The van der Waals surface area contributed by atoms with Crippen molar-refractivity contribution in [3.05, 3.63) is 35.4 Å². The van der Waals surface area contributed by atoms with Gasteiger partial charge in [0.2, 0.25) is 0 Å². The van der Waals surface area contributed by atoms with E-state index in [9.17, 15) is 0 Å². The first-order valence-corrected chi connectivity index (χ1v) is 7.34. The number of hydrogen-bond acceptors (Lipinski definition) is 2. The van der Waals surface area contributed by atoms with Crippen molar-refractivity contribution in [1.29, 1.82) is 0 Å². The maximum atomic E-state index is 3.70. The van der Waals surface area contributed by atoms with E-state index in [4.69, 9.17) is 0 Å². The standard InChI is InChI=1S/C16H24N2/c1-16(9-6-10-17-16)15-8-3-2-7-14(15)13-18-11-4-5-12-18/h2-3,7-8,17H,4-6,9-13H2,1H3. The lowest BCUT2D eigenvalue weighted by Crippen LogP contribution is -2.35. The summed E-state index contributed by atoms with van der Waals surface area (Å²) in [5, 5.41) is 3.70. The summed E-state index contributed by atoms with van der Waals surface area (Å²) in [5.41, 5.74) is 3.25. The normalized spacial score (nSPS) is 28.9. The molecule has 3 rings (SSSR count). The van der Waals surface area contributed by atoms with Crippen molar-refractivity contribution in [3.8, 4) is 0 Å². The molecule has 2 aliphatic heterocycles. The second-order valence-electron chi connectivity index (χ2n) is 6.00. The molecular weight excluding hydrogens is 220 g/mol. The number of likely N-dealkylation sites (tertiary alicyclic amines) is 1. The summed E-state index contributed by atoms with van der Waals surface area (Å²) in [6.45, 7) is 7.21. The zero-order valence-electron chi connectivity index (χ0n) is 11.4. The van der Waals surface area contributed by atoms with Gasteiger partial charge in [0, 0.05) is 12.1 Å². The minimum atomic E-state index is 0.205. The lowest BCUT2D eigenvalue weighted by Gasteiger charge is -2.29. The minimum absolute atomic E-state index is 0.205. The Morgan fingerprint density at radius 3 is 2.67 bits per heavy atom. The summed E-state index contributed by atoms with van der Waals surface area (Å²) in [4.78, 5) is 2.59. The van der Waals surface area contributed by atoms with Crippen LogP contribution in [0.15, 0.2) is 24.3 Å². The number of hydrogen-bond donors (Lipinski definition) is 1. The van der Waals surface area contributed by atoms with Gasteiger partial charge in [0.25, 0.3) is 0 Å². The summed E-state index contributed by atoms with van der Waals surface area (Å²) in [6, 6.07) is 9.02. The largest absolute Gasteiger partial charge is 0.308 e. The van der Waals surface area contributed by atoms with Gasteiger partial charge in [-0.2, -0.15) is 0 Å². The van der Waals surface area contributed by atoms with Crippen molar-refractivity contribution < 1.29 is 0 Å². The van der Waals surface area contributed by atoms with Gasteiger partial charge < -0.3 is 5.32 Å². The molecule has 1 atom stereocenters. The molecule has 2 fully saturated rings. The third kappa shape index (κ3) is 2.32. The predicted molar refractivity (Wildman–Crippen MR) is 75.5 cm³/mol. The average Bonchev–Trinajstić information content (AvgIpc) is 3.02. The van der Waals surface area contributed by atoms with E-state index < -0.39 is 0 Å². The summed E-state index contributed by atoms with van der Waals surface area (Å²) < 4.78 is 0. The summed E-state index contributed by atoms with van der Waals surface area (Å²) in [5.74, 6) is 0. The van der Waals surface area contributed by atoms with Crippen molar-refractivity contribution in [2.24, 2.45) is 0 Å². The second-order valence-corrected chi connectivity index (χ2v) is 6.00. The van der Waals surface area contributed by atoms with Crippen LogP contribution in [0.5, 0.6) is 0 Å². The Bertz CT molecular complexity index is 401. The molecule has 98 valence electrons. The first-order chi connectivity index (χ1) is 8.78. The Labute approximate surface area is 110 Å². The first-order valence-electron chi connectivity index (χ1n) is 7.34. The van der Waals surface area contributed by atoms with Gasteiger partial charge in [-0.15, -0.1) is 0 Å². The van der Waals surface area contributed by atoms with Crippen LogP contribution in [-0.4, -0.2) is 24.5 Å². The van der Waals surface area contributed by atoms with Crippen LogP contribution in [0.3, 0.4) is 0 Å². The smallest absolute Gasteiger partial charge is 0.0409 e. The maximum Gasteiger partial charge on any atom is 0.0409 e. The third-order valence-electron chi connectivity index (χ3n) is 4.57. The van der Waals surface area contributed by atoms with Crippen LogP contribution >= 0.6 is 0 Å². The SMILES string of the molecule is CC1(c2ccccc2CN2CCCC2)CCCN1. The highest BCUT2D eigenvalue weighted by Crippen LogP contribution is 2.33. The van der Waals surface area contributed by atoms with Crippen molar-refractivity contribution in [2.45, 2.75) is 44.7 Å². The van der Waals surface area contributed by atoms with Crippen molar-refractivity contribution >= 4 is 0 Å². The lowest BCUT2D eigenvalue weighted by atomic mass is 9.87. The number of benzene rings is 1. The molecule has 1 unspecified atom stereocenters. The zero-order chi connectivity index (χ0) is 12.4. The van der Waals surface area contributed by atoms with Gasteiger partial charge in [-0.05, 0) is 63.4 Å². The molecule has 0 bridgehead atoms. The molecule has 1 aromatic carbocycles. The van der Waals surface area contributed by atoms with Crippen LogP contribution in [0.25, 0.3) is 0 Å². The van der Waals surface area contributed by atoms with Crippen LogP contribution < -0.4 is 5.32 Å². The average molecular weight is 244 g/mol. The lowest BCUT2D eigenvalue weighted by molar-refractivity contribution is 0.324.